The number of nitrogens with zero attached hydrogens (tertiary/aromatic N) is 1. The predicted octanol–water partition coefficient (Wildman–Crippen LogP) is 3.96. The van der Waals surface area contributed by atoms with Crippen LogP contribution in [-0.2, 0) is 16.6 Å². The van der Waals surface area contributed by atoms with Gasteiger partial charge in [-0.05, 0) is 62.1 Å². The average molecular weight is 385 g/mol. The molecule has 0 spiro atoms. The molecule has 0 saturated carbocycles. The Morgan fingerprint density at radius 3 is 2.33 bits per heavy atom. The van der Waals surface area contributed by atoms with Crippen LogP contribution in [-0.4, -0.2) is 20.9 Å². The summed E-state index contributed by atoms with van der Waals surface area (Å²) >= 11 is 0. The molecule has 1 heterocycles. The third-order valence-electron chi connectivity index (χ3n) is 4.62. The molecule has 0 aromatic heterocycles. The lowest BCUT2D eigenvalue weighted by atomic mass is 10.0. The summed E-state index contributed by atoms with van der Waals surface area (Å²) in [5.41, 5.74) is 4.50. The van der Waals surface area contributed by atoms with Gasteiger partial charge in [-0.15, -0.1) is 0 Å². The van der Waals surface area contributed by atoms with Crippen LogP contribution < -0.4 is 9.46 Å². The number of rotatable bonds is 5. The molecule has 2 aromatic carbocycles. The van der Waals surface area contributed by atoms with Gasteiger partial charge in [-0.2, -0.15) is 0 Å². The molecule has 0 unspecified atom stereocenters. The van der Waals surface area contributed by atoms with Crippen LogP contribution in [0.5, 0.6) is 5.75 Å². The lowest BCUT2D eigenvalue weighted by molar-refractivity contribution is 0.340. The highest BCUT2D eigenvalue weighted by molar-refractivity contribution is 8.00. The number of aryl methyl sites for hydroxylation is 2. The minimum Gasteiger partial charge on any atom is -0.494 e. The van der Waals surface area contributed by atoms with Crippen molar-refractivity contribution < 1.29 is 13.2 Å². The van der Waals surface area contributed by atoms with Crippen LogP contribution >= 0.6 is 0 Å². The molecule has 0 fully saturated rings. The first kappa shape index (κ1) is 19.2. The summed E-state index contributed by atoms with van der Waals surface area (Å²) in [5.74, 6) is 1.21. The molecular formula is C21H24N2O3S. The predicted molar refractivity (Wildman–Crippen MR) is 109 cm³/mol. The SMILES string of the molecule is CCOc1ccc(CN=C2NS(=O)(=O)C(c3ccc(C)c(C)c3)=C2C)cc1. The number of sulfonamides is 1. The molecule has 0 saturated heterocycles. The van der Waals surface area contributed by atoms with Gasteiger partial charge in [0.2, 0.25) is 0 Å². The normalized spacial score (nSPS) is 17.3. The van der Waals surface area contributed by atoms with Gasteiger partial charge in [0.15, 0.2) is 0 Å². The zero-order valence-electron chi connectivity index (χ0n) is 16.0. The number of hydrogen-bond donors (Lipinski definition) is 1. The van der Waals surface area contributed by atoms with Crippen molar-refractivity contribution in [1.29, 1.82) is 0 Å². The summed E-state index contributed by atoms with van der Waals surface area (Å²) in [6.45, 7) is 8.72. The first-order valence-electron chi connectivity index (χ1n) is 8.89. The molecule has 2 aromatic rings. The lowest BCUT2D eigenvalue weighted by Crippen LogP contribution is -2.23. The monoisotopic (exact) mass is 384 g/mol. The molecule has 3 rings (SSSR count). The van der Waals surface area contributed by atoms with Crippen LogP contribution in [0, 0.1) is 13.8 Å². The first-order chi connectivity index (χ1) is 12.8. The van der Waals surface area contributed by atoms with Crippen molar-refractivity contribution in [3.63, 3.8) is 0 Å². The molecule has 0 aliphatic carbocycles. The Morgan fingerprint density at radius 1 is 1.00 bits per heavy atom. The van der Waals surface area contributed by atoms with Crippen molar-refractivity contribution in [3.05, 3.63) is 70.3 Å². The third kappa shape index (κ3) is 4.06. The van der Waals surface area contributed by atoms with Gasteiger partial charge in [0.05, 0.1) is 13.2 Å². The highest BCUT2D eigenvalue weighted by Gasteiger charge is 2.32. The molecule has 5 nitrogen and oxygen atoms in total. The summed E-state index contributed by atoms with van der Waals surface area (Å²) in [6, 6.07) is 13.3. The lowest BCUT2D eigenvalue weighted by Gasteiger charge is -2.06. The van der Waals surface area contributed by atoms with E-state index in [4.69, 9.17) is 4.74 Å². The van der Waals surface area contributed by atoms with Gasteiger partial charge in [-0.3, -0.25) is 9.71 Å². The van der Waals surface area contributed by atoms with Gasteiger partial charge < -0.3 is 4.74 Å². The summed E-state index contributed by atoms with van der Waals surface area (Å²) in [5, 5.41) is 0. The topological polar surface area (TPSA) is 67.8 Å². The fourth-order valence-corrected chi connectivity index (χ4v) is 4.51. The highest BCUT2D eigenvalue weighted by atomic mass is 32.2. The Labute approximate surface area is 160 Å². The van der Waals surface area contributed by atoms with Gasteiger partial charge >= 0.3 is 0 Å². The summed E-state index contributed by atoms with van der Waals surface area (Å²) in [6.07, 6.45) is 0. The standard InChI is InChI=1S/C21H24N2O3S/c1-5-26-19-10-7-17(8-11-19)13-22-21-16(4)20(27(24,25)23-21)18-9-6-14(2)15(3)12-18/h6-12H,5,13H2,1-4H3,(H,22,23). The van der Waals surface area contributed by atoms with E-state index in [0.29, 0.717) is 35.0 Å². The number of hydrogen-bond acceptors (Lipinski definition) is 4. The molecule has 0 radical (unpaired) electrons. The van der Waals surface area contributed by atoms with Crippen LogP contribution in [0.25, 0.3) is 4.91 Å². The number of amidine groups is 1. The summed E-state index contributed by atoms with van der Waals surface area (Å²) in [7, 11) is -3.61. The molecule has 0 amide bonds. The second-order valence-corrected chi connectivity index (χ2v) is 8.22. The first-order valence-corrected chi connectivity index (χ1v) is 10.4. The average Bonchev–Trinajstić information content (AvgIpc) is 2.86. The molecular weight excluding hydrogens is 360 g/mol. The Bertz CT molecular complexity index is 1020. The van der Waals surface area contributed by atoms with Crippen LogP contribution in [0.3, 0.4) is 0 Å². The van der Waals surface area contributed by atoms with E-state index in [2.05, 4.69) is 9.71 Å². The van der Waals surface area contributed by atoms with Gasteiger partial charge in [0.25, 0.3) is 10.0 Å². The smallest absolute Gasteiger partial charge is 0.264 e. The molecule has 6 heteroatoms. The Kier molecular flexibility index (Phi) is 5.37. The minimum atomic E-state index is -3.61. The van der Waals surface area contributed by atoms with Gasteiger partial charge in [0, 0.05) is 5.57 Å². The molecule has 1 aliphatic heterocycles. The Hall–Kier alpha value is -2.60. The third-order valence-corrected chi connectivity index (χ3v) is 6.16. The van der Waals surface area contributed by atoms with E-state index in [0.717, 1.165) is 22.4 Å². The maximum absolute atomic E-state index is 12.6. The number of benzene rings is 2. The van der Waals surface area contributed by atoms with Crippen molar-refractivity contribution in [2.75, 3.05) is 6.61 Å². The van der Waals surface area contributed by atoms with Gasteiger partial charge in [0.1, 0.15) is 16.5 Å². The molecule has 142 valence electrons. The fraction of sp³-hybridized carbons (Fsp3) is 0.286. The van der Waals surface area contributed by atoms with E-state index < -0.39 is 10.0 Å². The zero-order chi connectivity index (χ0) is 19.6. The molecule has 0 atom stereocenters. The maximum atomic E-state index is 12.6. The van der Waals surface area contributed by atoms with Gasteiger partial charge in [-0.1, -0.05) is 30.3 Å². The Morgan fingerprint density at radius 2 is 1.70 bits per heavy atom. The van der Waals surface area contributed by atoms with E-state index in [9.17, 15) is 8.42 Å². The highest BCUT2D eigenvalue weighted by Crippen LogP contribution is 2.31. The van der Waals surface area contributed by atoms with Crippen molar-refractivity contribution >= 4 is 20.8 Å². The number of nitrogens with one attached hydrogen (secondary N) is 1. The van der Waals surface area contributed by atoms with Crippen LogP contribution in [0.2, 0.25) is 0 Å². The minimum absolute atomic E-state index is 0.302. The van der Waals surface area contributed by atoms with Crippen LogP contribution in [0.15, 0.2) is 53.0 Å². The second kappa shape index (κ2) is 7.56. The molecule has 1 N–H and O–H groups in total. The van der Waals surface area contributed by atoms with Crippen LogP contribution in [0.1, 0.15) is 36.1 Å². The van der Waals surface area contributed by atoms with E-state index in [1.54, 1.807) is 6.92 Å². The number of aliphatic imine (C=N–C) groups is 1. The van der Waals surface area contributed by atoms with Gasteiger partial charge in [-0.25, -0.2) is 8.42 Å². The van der Waals surface area contributed by atoms with E-state index in [1.807, 2.05) is 63.2 Å². The Balaban J connectivity index is 1.89. The van der Waals surface area contributed by atoms with E-state index in [1.165, 1.54) is 0 Å². The van der Waals surface area contributed by atoms with Crippen molar-refractivity contribution in [3.8, 4) is 5.75 Å². The van der Waals surface area contributed by atoms with E-state index >= 15 is 0 Å². The summed E-state index contributed by atoms with van der Waals surface area (Å²) in [4.78, 5) is 4.79. The molecule has 27 heavy (non-hydrogen) atoms. The maximum Gasteiger partial charge on any atom is 0.264 e. The van der Waals surface area contributed by atoms with E-state index in [-0.39, 0.29) is 0 Å². The molecule has 0 bridgehead atoms. The zero-order valence-corrected chi connectivity index (χ0v) is 16.9. The van der Waals surface area contributed by atoms with Crippen LogP contribution in [0.4, 0.5) is 0 Å². The quantitative estimate of drug-likeness (QED) is 0.848. The van der Waals surface area contributed by atoms with Crippen molar-refractivity contribution in [2.24, 2.45) is 4.99 Å². The largest absolute Gasteiger partial charge is 0.494 e. The van der Waals surface area contributed by atoms with Crippen molar-refractivity contribution in [1.82, 2.24) is 4.72 Å². The number of ether oxygens (including phenoxy) is 1. The summed E-state index contributed by atoms with van der Waals surface area (Å²) < 4.78 is 33.3. The second-order valence-electron chi connectivity index (χ2n) is 6.60. The fourth-order valence-electron chi connectivity index (χ4n) is 3.00. The molecule has 1 aliphatic rings. The van der Waals surface area contributed by atoms with Crippen molar-refractivity contribution in [2.45, 2.75) is 34.2 Å².